The van der Waals surface area contributed by atoms with Crippen LogP contribution in [0, 0.1) is 25.7 Å². The second kappa shape index (κ2) is 22.7. The predicted octanol–water partition coefficient (Wildman–Crippen LogP) is 2.95. The molecule has 0 aromatic carbocycles. The molecular weight excluding hydrogens is 648 g/mol. The van der Waals surface area contributed by atoms with Gasteiger partial charge in [-0.3, -0.25) is 0 Å². The van der Waals surface area contributed by atoms with E-state index in [0.717, 1.165) is 0 Å². The van der Waals surface area contributed by atoms with Crippen LogP contribution in [-0.4, -0.2) is 0 Å². The molecule has 0 fully saturated rings. The van der Waals surface area contributed by atoms with Gasteiger partial charge in [0.1, 0.15) is 0 Å². The second-order valence-electron chi connectivity index (χ2n) is 2.79. The summed E-state index contributed by atoms with van der Waals surface area (Å²) in [4.78, 5) is 0. The Labute approximate surface area is 115 Å². The molecule has 0 aliphatic heterocycles. The van der Waals surface area contributed by atoms with Gasteiger partial charge in [0.25, 0.3) is 0 Å². The molecule has 0 aliphatic rings. The maximum Gasteiger partial charge on any atom is 2.00 e. The average Bonchev–Trinajstić information content (AvgIpc) is 1.25. The van der Waals surface area contributed by atoms with Gasteiger partial charge in [-0.15, -0.1) is 0 Å². The van der Waals surface area contributed by atoms with Gasteiger partial charge in [-0.1, -0.05) is 27.7 Å². The molecule has 0 spiro atoms. The van der Waals surface area contributed by atoms with Gasteiger partial charge in [0, 0.05) is 42.1 Å². The zero-order valence-electron chi connectivity index (χ0n) is 7.79. The Hall–Kier alpha value is 2.06. The minimum atomic E-state index is 0. The largest absolute Gasteiger partial charge is 2.00 e. The Kier molecular flexibility index (Phi) is 60.4. The van der Waals surface area contributed by atoms with E-state index in [2.05, 4.69) is 41.5 Å². The van der Waals surface area contributed by atoms with Gasteiger partial charge in [0.15, 0.2) is 0 Å². The van der Waals surface area contributed by atoms with Gasteiger partial charge in [-0.2, -0.15) is 11.8 Å². The Bertz CT molecular complexity index is 24.8. The fraction of sp³-hybridized carbons (Fsp3) is 0.750. The number of rotatable bonds is 0. The van der Waals surface area contributed by atoms with Crippen molar-refractivity contribution in [2.75, 3.05) is 0 Å². The zero-order chi connectivity index (χ0) is 7.15. The first-order valence-corrected chi connectivity index (χ1v) is 3.13. The molecule has 0 atom stereocenters. The summed E-state index contributed by atoms with van der Waals surface area (Å²) in [7, 11) is 0. The van der Waals surface area contributed by atoms with E-state index in [0.29, 0.717) is 11.8 Å². The maximum atomic E-state index is 3.64. The van der Waals surface area contributed by atoms with Gasteiger partial charge in [0.05, 0.1) is 0 Å². The predicted molar refractivity (Wildman–Crippen MR) is 40.4 cm³/mol. The molecule has 0 nitrogen and oxygen atoms in total. The normalized spacial score (nSPS) is 6.55. The fourth-order valence-corrected chi connectivity index (χ4v) is 0. The Morgan fingerprint density at radius 3 is 0.727 bits per heavy atom. The topological polar surface area (TPSA) is 0 Å². The fourth-order valence-electron chi connectivity index (χ4n) is 0. The molecule has 11 heavy (non-hydrogen) atoms. The van der Waals surface area contributed by atoms with E-state index < -0.39 is 0 Å². The van der Waals surface area contributed by atoms with E-state index in [4.69, 9.17) is 0 Å². The Balaban J connectivity index is -0.0000000171. The third-order valence-electron chi connectivity index (χ3n) is 0. The van der Waals surface area contributed by atoms with Gasteiger partial charge >= 0.3 is 21.1 Å². The average molecular weight is 666 g/mol. The summed E-state index contributed by atoms with van der Waals surface area (Å²) in [6, 6.07) is 0. The number of hydrogen-bond acceptors (Lipinski definition) is 0. The van der Waals surface area contributed by atoms with Crippen LogP contribution in [-0.2, 0) is 63.2 Å². The molecule has 68 valence electrons. The SMILES string of the molecule is [CH2-]C(C)C.[CH2-]C(C)C.[W+2].[W].[W]. The van der Waals surface area contributed by atoms with Crippen molar-refractivity contribution in [1.82, 2.24) is 0 Å². The van der Waals surface area contributed by atoms with Crippen LogP contribution in [0.1, 0.15) is 27.7 Å². The molecule has 0 radical (unpaired) electrons. The molecular formula is C8H18W3. The molecule has 0 bridgehead atoms. The first kappa shape index (κ1) is 29.2. The molecule has 0 saturated heterocycles. The van der Waals surface area contributed by atoms with Gasteiger partial charge in [0.2, 0.25) is 0 Å². The van der Waals surface area contributed by atoms with Gasteiger partial charge < -0.3 is 13.8 Å². The van der Waals surface area contributed by atoms with Gasteiger partial charge in [-0.25, -0.2) is 0 Å². The van der Waals surface area contributed by atoms with Crippen molar-refractivity contribution in [2.45, 2.75) is 27.7 Å². The molecule has 0 saturated carbocycles. The van der Waals surface area contributed by atoms with Gasteiger partial charge in [-0.05, 0) is 0 Å². The third-order valence-corrected chi connectivity index (χ3v) is 0. The molecule has 0 rings (SSSR count). The summed E-state index contributed by atoms with van der Waals surface area (Å²) in [5.74, 6) is 1.17. The maximum absolute atomic E-state index is 3.64. The summed E-state index contributed by atoms with van der Waals surface area (Å²) in [5.41, 5.74) is 0. The van der Waals surface area contributed by atoms with Crippen LogP contribution in [0.5, 0.6) is 0 Å². The second-order valence-corrected chi connectivity index (χ2v) is 2.79. The van der Waals surface area contributed by atoms with Crippen molar-refractivity contribution in [3.05, 3.63) is 13.8 Å². The quantitative estimate of drug-likeness (QED) is 0.350. The first-order valence-electron chi connectivity index (χ1n) is 3.13. The van der Waals surface area contributed by atoms with Crippen molar-refractivity contribution < 1.29 is 63.2 Å². The minimum Gasteiger partial charge on any atom is -0.341 e. The van der Waals surface area contributed by atoms with Crippen LogP contribution in [0.2, 0.25) is 0 Å². The van der Waals surface area contributed by atoms with E-state index in [9.17, 15) is 0 Å². The summed E-state index contributed by atoms with van der Waals surface area (Å²) in [6.45, 7) is 15.5. The summed E-state index contributed by atoms with van der Waals surface area (Å²) < 4.78 is 0. The van der Waals surface area contributed by atoms with Crippen molar-refractivity contribution in [3.8, 4) is 0 Å². The van der Waals surface area contributed by atoms with Crippen LogP contribution >= 0.6 is 0 Å². The van der Waals surface area contributed by atoms with E-state index in [-0.39, 0.29) is 63.2 Å². The van der Waals surface area contributed by atoms with E-state index in [1.54, 1.807) is 0 Å². The number of hydrogen-bond donors (Lipinski definition) is 0. The summed E-state index contributed by atoms with van der Waals surface area (Å²) in [5, 5.41) is 0. The zero-order valence-corrected chi connectivity index (χ0v) is 16.6. The Morgan fingerprint density at radius 2 is 0.727 bits per heavy atom. The summed E-state index contributed by atoms with van der Waals surface area (Å²) in [6.07, 6.45) is 0. The van der Waals surface area contributed by atoms with Crippen molar-refractivity contribution in [3.63, 3.8) is 0 Å². The molecule has 0 amide bonds. The summed E-state index contributed by atoms with van der Waals surface area (Å²) >= 11 is 0. The Morgan fingerprint density at radius 1 is 0.727 bits per heavy atom. The molecule has 3 heteroatoms. The van der Waals surface area contributed by atoms with Crippen molar-refractivity contribution in [2.24, 2.45) is 11.8 Å². The van der Waals surface area contributed by atoms with Crippen LogP contribution < -0.4 is 0 Å². The molecule has 0 heterocycles. The van der Waals surface area contributed by atoms with Crippen LogP contribution in [0.3, 0.4) is 0 Å². The third kappa shape index (κ3) is 287. The monoisotopic (exact) mass is 666 g/mol. The molecule has 0 N–H and O–H groups in total. The van der Waals surface area contributed by atoms with E-state index >= 15 is 0 Å². The van der Waals surface area contributed by atoms with Crippen LogP contribution in [0.15, 0.2) is 0 Å². The van der Waals surface area contributed by atoms with Crippen molar-refractivity contribution in [1.29, 1.82) is 0 Å². The molecule has 0 unspecified atom stereocenters. The smallest absolute Gasteiger partial charge is 0.341 e. The van der Waals surface area contributed by atoms with Crippen molar-refractivity contribution >= 4 is 0 Å². The van der Waals surface area contributed by atoms with Crippen LogP contribution in [0.25, 0.3) is 0 Å². The molecule has 0 aromatic heterocycles. The standard InChI is InChI=1S/2C4H9.3W/c2*1-4(2)3;;;/h2*4H,1H2,2-3H3;;;/q2*-1;;;+2. The van der Waals surface area contributed by atoms with Crippen LogP contribution in [0.4, 0.5) is 0 Å². The minimum absolute atomic E-state index is 0. The first-order chi connectivity index (χ1) is 3.46. The molecule has 0 aliphatic carbocycles. The van der Waals surface area contributed by atoms with E-state index in [1.807, 2.05) is 0 Å². The molecule has 0 aromatic rings. The van der Waals surface area contributed by atoms with E-state index in [1.165, 1.54) is 0 Å².